The van der Waals surface area contributed by atoms with E-state index in [2.05, 4.69) is 67.8 Å². The maximum absolute atomic E-state index is 11.6. The third-order valence-corrected chi connectivity index (χ3v) is 8.97. The fourth-order valence-corrected chi connectivity index (χ4v) is 6.67. The number of esters is 1. The van der Waals surface area contributed by atoms with E-state index in [1.54, 1.807) is 6.07 Å². The van der Waals surface area contributed by atoms with E-state index in [1.807, 2.05) is 33.0 Å². The molecule has 2 fully saturated rings. The smallest absolute Gasteiger partial charge is 0.319 e. The maximum atomic E-state index is 11.6. The molecule has 0 aliphatic carbocycles. The largest absolute Gasteiger partial charge is 0.468 e. The lowest BCUT2D eigenvalue weighted by molar-refractivity contribution is -0.142. The van der Waals surface area contributed by atoms with E-state index in [9.17, 15) is 4.79 Å². The second-order valence-corrected chi connectivity index (χ2v) is 12.6. The molecule has 0 atom stereocenters. The second-order valence-electron chi connectivity index (χ2n) is 11.7. The molecule has 0 radical (unpaired) electrons. The van der Waals surface area contributed by atoms with Gasteiger partial charge in [-0.1, -0.05) is 43.1 Å². The number of benzene rings is 3. The summed E-state index contributed by atoms with van der Waals surface area (Å²) in [6.07, 6.45) is 2.47. The van der Waals surface area contributed by atoms with Crippen LogP contribution in [0.4, 0.5) is 11.4 Å². The molecular weight excluding hydrogens is 605 g/mol. The van der Waals surface area contributed by atoms with Gasteiger partial charge in [0.05, 0.1) is 13.7 Å². The summed E-state index contributed by atoms with van der Waals surface area (Å²) in [6, 6.07) is 21.2. The highest BCUT2D eigenvalue weighted by Gasteiger charge is 2.20. The van der Waals surface area contributed by atoms with Crippen LogP contribution < -0.4 is 15.5 Å². The van der Waals surface area contributed by atoms with E-state index in [4.69, 9.17) is 27.9 Å². The van der Waals surface area contributed by atoms with E-state index < -0.39 is 0 Å². The van der Waals surface area contributed by atoms with Crippen LogP contribution in [-0.2, 0) is 22.6 Å². The Morgan fingerprint density at radius 1 is 0.822 bits per heavy atom. The summed E-state index contributed by atoms with van der Waals surface area (Å²) in [6.45, 7) is 12.8. The average Bonchev–Trinajstić information content (AvgIpc) is 3.06. The molecule has 244 valence electrons. The summed E-state index contributed by atoms with van der Waals surface area (Å²) in [5.41, 5.74) is 6.97. The molecule has 0 unspecified atom stereocenters. The standard InChI is InChI=1S/C34H43Cl2N5O2.C2H6/c1-37-21-25-7-9-39(10-8-25)23-27-15-26(16-28(17-27)29-18-30(35)20-31(36)19-29)22-38-32-3-5-33(6-4-32)41-13-11-40(12-14-41)24-34(42)43-2;1-2/h3-6,15-20,25,37-38H,7-14,21-24H2,1-2H3;1-2H3. The molecule has 0 spiro atoms. The second kappa shape index (κ2) is 17.8. The Hall–Kier alpha value is -2.81. The molecule has 45 heavy (non-hydrogen) atoms. The summed E-state index contributed by atoms with van der Waals surface area (Å²) in [4.78, 5) is 18.7. The molecule has 2 N–H and O–H groups in total. The minimum absolute atomic E-state index is 0.178. The van der Waals surface area contributed by atoms with Gasteiger partial charge in [0.2, 0.25) is 0 Å². The Morgan fingerprint density at radius 2 is 1.44 bits per heavy atom. The number of hydrogen-bond donors (Lipinski definition) is 2. The van der Waals surface area contributed by atoms with Gasteiger partial charge in [0.15, 0.2) is 0 Å². The summed E-state index contributed by atoms with van der Waals surface area (Å²) in [7, 11) is 3.48. The van der Waals surface area contributed by atoms with Gasteiger partial charge in [0, 0.05) is 60.7 Å². The Balaban J connectivity index is 0.00000226. The molecule has 5 rings (SSSR count). The predicted molar refractivity (Wildman–Crippen MR) is 190 cm³/mol. The summed E-state index contributed by atoms with van der Waals surface area (Å²) in [5, 5.41) is 8.25. The lowest BCUT2D eigenvalue weighted by Crippen LogP contribution is -2.48. The predicted octanol–water partition coefficient (Wildman–Crippen LogP) is 7.03. The number of hydrogen-bond acceptors (Lipinski definition) is 7. The zero-order valence-corrected chi connectivity index (χ0v) is 28.8. The molecule has 3 aromatic rings. The zero-order valence-electron chi connectivity index (χ0n) is 27.3. The number of methoxy groups -OCH3 is 1. The number of carbonyl (C=O) groups excluding carboxylic acids is 1. The van der Waals surface area contributed by atoms with Gasteiger partial charge in [-0.05, 0) is 122 Å². The number of rotatable bonds is 11. The van der Waals surface area contributed by atoms with Gasteiger partial charge in [0.1, 0.15) is 0 Å². The average molecular weight is 655 g/mol. The van der Waals surface area contributed by atoms with Crippen LogP contribution in [0.1, 0.15) is 37.8 Å². The van der Waals surface area contributed by atoms with E-state index in [1.165, 1.54) is 36.8 Å². The molecule has 2 aliphatic heterocycles. The van der Waals surface area contributed by atoms with Crippen LogP contribution in [0.15, 0.2) is 60.7 Å². The molecule has 7 nitrogen and oxygen atoms in total. The summed E-state index contributed by atoms with van der Waals surface area (Å²) < 4.78 is 4.81. The van der Waals surface area contributed by atoms with E-state index >= 15 is 0 Å². The number of halogens is 2. The van der Waals surface area contributed by atoms with Gasteiger partial charge in [-0.3, -0.25) is 14.6 Å². The molecule has 0 saturated carbocycles. The van der Waals surface area contributed by atoms with Crippen molar-refractivity contribution in [1.29, 1.82) is 0 Å². The van der Waals surface area contributed by atoms with E-state index in [0.29, 0.717) is 23.1 Å². The number of nitrogens with one attached hydrogen (secondary N) is 2. The number of piperazine rings is 1. The molecule has 3 aromatic carbocycles. The van der Waals surface area contributed by atoms with Gasteiger partial charge in [-0.2, -0.15) is 0 Å². The fourth-order valence-electron chi connectivity index (χ4n) is 6.14. The van der Waals surface area contributed by atoms with Crippen molar-refractivity contribution in [1.82, 2.24) is 15.1 Å². The minimum atomic E-state index is -0.178. The lowest BCUT2D eigenvalue weighted by atomic mass is 9.95. The van der Waals surface area contributed by atoms with Crippen molar-refractivity contribution < 1.29 is 9.53 Å². The quantitative estimate of drug-likeness (QED) is 0.216. The first kappa shape index (κ1) is 35.1. The third kappa shape index (κ3) is 10.6. The van der Waals surface area contributed by atoms with Crippen molar-refractivity contribution in [2.45, 2.75) is 39.8 Å². The lowest BCUT2D eigenvalue weighted by Gasteiger charge is -2.35. The van der Waals surface area contributed by atoms with Gasteiger partial charge in [-0.15, -0.1) is 0 Å². The molecule has 9 heteroatoms. The highest BCUT2D eigenvalue weighted by atomic mass is 35.5. The zero-order chi connectivity index (χ0) is 32.2. The topological polar surface area (TPSA) is 60.1 Å². The fraction of sp³-hybridized carbons (Fsp3) is 0.472. The first-order valence-electron chi connectivity index (χ1n) is 16.2. The molecule has 0 aromatic heterocycles. The first-order chi connectivity index (χ1) is 21.9. The van der Waals surface area contributed by atoms with Crippen LogP contribution in [0.5, 0.6) is 0 Å². The van der Waals surface area contributed by atoms with Crippen LogP contribution in [0.3, 0.4) is 0 Å². The molecule has 0 amide bonds. The van der Waals surface area contributed by atoms with Gasteiger partial charge in [0.25, 0.3) is 0 Å². The van der Waals surface area contributed by atoms with Gasteiger partial charge in [-0.25, -0.2) is 0 Å². The Morgan fingerprint density at radius 3 is 2.07 bits per heavy atom. The van der Waals surface area contributed by atoms with Gasteiger partial charge < -0.3 is 20.3 Å². The number of nitrogens with zero attached hydrogens (tertiary/aromatic N) is 3. The molecule has 2 saturated heterocycles. The van der Waals surface area contributed by atoms with Crippen molar-refractivity contribution in [2.75, 3.05) is 76.7 Å². The summed E-state index contributed by atoms with van der Waals surface area (Å²) >= 11 is 12.8. The SMILES string of the molecule is CC.CNCC1CCN(Cc2cc(CNc3ccc(N4CCN(CC(=O)OC)CC4)cc3)cc(-c3cc(Cl)cc(Cl)c3)c2)CC1. The van der Waals surface area contributed by atoms with E-state index in [0.717, 1.165) is 75.1 Å². The van der Waals surface area contributed by atoms with Crippen LogP contribution in [0.25, 0.3) is 11.1 Å². The number of carbonyl (C=O) groups is 1. The monoisotopic (exact) mass is 653 g/mol. The molecule has 2 heterocycles. The van der Waals surface area contributed by atoms with Crippen molar-refractivity contribution >= 4 is 40.5 Å². The highest BCUT2D eigenvalue weighted by molar-refractivity contribution is 6.35. The highest BCUT2D eigenvalue weighted by Crippen LogP contribution is 2.30. The van der Waals surface area contributed by atoms with Crippen LogP contribution in [0, 0.1) is 5.92 Å². The minimum Gasteiger partial charge on any atom is -0.468 e. The molecule has 0 bridgehead atoms. The number of ether oxygens (including phenoxy) is 1. The van der Waals surface area contributed by atoms with Crippen LogP contribution in [0.2, 0.25) is 10.0 Å². The summed E-state index contributed by atoms with van der Waals surface area (Å²) in [5.74, 6) is 0.589. The Bertz CT molecular complexity index is 1330. The van der Waals surface area contributed by atoms with Crippen LogP contribution >= 0.6 is 23.2 Å². The van der Waals surface area contributed by atoms with E-state index in [-0.39, 0.29) is 5.97 Å². The van der Waals surface area contributed by atoms with Crippen molar-refractivity contribution in [3.63, 3.8) is 0 Å². The number of piperidine rings is 1. The van der Waals surface area contributed by atoms with Crippen LogP contribution in [-0.4, -0.2) is 82.3 Å². The van der Waals surface area contributed by atoms with Crippen molar-refractivity contribution in [2.24, 2.45) is 5.92 Å². The number of likely N-dealkylation sites (tertiary alicyclic amines) is 1. The normalized spacial score (nSPS) is 16.2. The number of anilines is 2. The van der Waals surface area contributed by atoms with Crippen molar-refractivity contribution in [3.05, 3.63) is 81.8 Å². The first-order valence-corrected chi connectivity index (χ1v) is 17.0. The molecule has 2 aliphatic rings. The third-order valence-electron chi connectivity index (χ3n) is 8.54. The maximum Gasteiger partial charge on any atom is 0.319 e. The Kier molecular flexibility index (Phi) is 13.8. The Labute approximate surface area is 279 Å². The molecular formula is C36H49Cl2N5O2. The van der Waals surface area contributed by atoms with Crippen molar-refractivity contribution in [3.8, 4) is 11.1 Å². The van der Waals surface area contributed by atoms with Gasteiger partial charge >= 0.3 is 5.97 Å².